The van der Waals surface area contributed by atoms with Crippen LogP contribution in [0, 0.1) is 13.8 Å². The fourth-order valence-electron chi connectivity index (χ4n) is 3.38. The molecule has 2 aromatic heterocycles. The molecule has 0 spiro atoms. The summed E-state index contributed by atoms with van der Waals surface area (Å²) in [5.41, 5.74) is 1.89. The Hall–Kier alpha value is -2.64. The lowest BCUT2D eigenvalue weighted by Crippen LogP contribution is -2.39. The molecule has 146 valence electrons. The van der Waals surface area contributed by atoms with E-state index in [1.165, 1.54) is 0 Å². The second kappa shape index (κ2) is 8.83. The Morgan fingerprint density at radius 2 is 1.96 bits per heavy atom. The van der Waals surface area contributed by atoms with Gasteiger partial charge in [0, 0.05) is 18.0 Å². The number of hydrogen-bond acceptors (Lipinski definition) is 7. The molecule has 1 N–H and O–H groups in total. The van der Waals surface area contributed by atoms with E-state index >= 15 is 0 Å². The van der Waals surface area contributed by atoms with Gasteiger partial charge in [-0.1, -0.05) is 5.16 Å². The summed E-state index contributed by atoms with van der Waals surface area (Å²) in [6, 6.07) is 0.193. The minimum Gasteiger partial charge on any atom is -0.480 e. The Morgan fingerprint density at radius 3 is 2.63 bits per heavy atom. The van der Waals surface area contributed by atoms with E-state index in [0.717, 1.165) is 42.7 Å². The first-order valence-corrected chi connectivity index (χ1v) is 9.29. The van der Waals surface area contributed by atoms with E-state index in [1.807, 2.05) is 13.8 Å². The van der Waals surface area contributed by atoms with Gasteiger partial charge in [0.25, 0.3) is 0 Å². The number of rotatable bonds is 7. The van der Waals surface area contributed by atoms with Crippen molar-refractivity contribution in [3.05, 3.63) is 29.4 Å². The quantitative estimate of drug-likeness (QED) is 0.795. The van der Waals surface area contributed by atoms with Gasteiger partial charge in [-0.05, 0) is 46.0 Å². The second-order valence-electron chi connectivity index (χ2n) is 6.86. The van der Waals surface area contributed by atoms with Gasteiger partial charge in [0.15, 0.2) is 0 Å². The summed E-state index contributed by atoms with van der Waals surface area (Å²) in [6.45, 7) is 3.78. The van der Waals surface area contributed by atoms with E-state index in [0.29, 0.717) is 24.6 Å². The SMILES string of the molecule is COc1cncc(OC2CCC(NC(=O)CCc3c(C)noc3C)CC2)n1. The van der Waals surface area contributed by atoms with Gasteiger partial charge in [-0.15, -0.1) is 0 Å². The van der Waals surface area contributed by atoms with Gasteiger partial charge >= 0.3 is 0 Å². The smallest absolute Gasteiger partial charge is 0.235 e. The molecule has 1 amide bonds. The zero-order valence-corrected chi connectivity index (χ0v) is 16.0. The van der Waals surface area contributed by atoms with Crippen molar-refractivity contribution in [1.82, 2.24) is 20.4 Å². The summed E-state index contributed by atoms with van der Waals surface area (Å²) in [6.07, 6.45) is 7.83. The maximum atomic E-state index is 12.2. The van der Waals surface area contributed by atoms with Gasteiger partial charge < -0.3 is 19.3 Å². The molecular weight excluding hydrogens is 348 g/mol. The van der Waals surface area contributed by atoms with Crippen molar-refractivity contribution in [2.24, 2.45) is 0 Å². The highest BCUT2D eigenvalue weighted by Crippen LogP contribution is 2.23. The third-order valence-corrected chi connectivity index (χ3v) is 4.91. The lowest BCUT2D eigenvalue weighted by atomic mass is 9.92. The highest BCUT2D eigenvalue weighted by Gasteiger charge is 2.24. The molecule has 0 atom stereocenters. The number of aryl methyl sites for hydroxylation is 2. The normalized spacial score (nSPS) is 19.5. The number of aromatic nitrogens is 3. The molecule has 27 heavy (non-hydrogen) atoms. The topological polar surface area (TPSA) is 99.4 Å². The van der Waals surface area contributed by atoms with Gasteiger partial charge in [0.2, 0.25) is 17.7 Å². The fraction of sp³-hybridized carbons (Fsp3) is 0.579. The monoisotopic (exact) mass is 374 g/mol. The summed E-state index contributed by atoms with van der Waals surface area (Å²) in [5, 5.41) is 7.05. The highest BCUT2D eigenvalue weighted by atomic mass is 16.5. The van der Waals surface area contributed by atoms with Crippen molar-refractivity contribution in [2.75, 3.05) is 7.11 Å². The van der Waals surface area contributed by atoms with Crippen LogP contribution in [0.3, 0.4) is 0 Å². The van der Waals surface area contributed by atoms with Crippen LogP contribution in [0.4, 0.5) is 0 Å². The van der Waals surface area contributed by atoms with E-state index in [-0.39, 0.29) is 18.1 Å². The molecule has 8 heteroatoms. The molecule has 0 bridgehead atoms. The van der Waals surface area contributed by atoms with Crippen molar-refractivity contribution in [3.8, 4) is 11.8 Å². The Kier molecular flexibility index (Phi) is 6.26. The molecule has 8 nitrogen and oxygen atoms in total. The standard InChI is InChI=1S/C19H26N4O4/c1-12-16(13(2)27-23-12)8-9-17(24)21-14-4-6-15(7-5-14)26-19-11-20-10-18(22-19)25-3/h10-11,14-15H,4-9H2,1-3H3,(H,21,24). The lowest BCUT2D eigenvalue weighted by Gasteiger charge is -2.29. The first kappa shape index (κ1) is 19.1. The molecule has 1 fully saturated rings. The average molecular weight is 374 g/mol. The molecule has 2 heterocycles. The number of nitrogens with zero attached hydrogens (tertiary/aromatic N) is 3. The van der Waals surface area contributed by atoms with Gasteiger partial charge in [-0.25, -0.2) is 0 Å². The summed E-state index contributed by atoms with van der Waals surface area (Å²) < 4.78 is 16.1. The predicted molar refractivity (Wildman–Crippen MR) is 97.7 cm³/mol. The molecular formula is C19H26N4O4. The zero-order valence-electron chi connectivity index (χ0n) is 16.0. The van der Waals surface area contributed by atoms with Gasteiger partial charge in [0.05, 0.1) is 25.2 Å². The van der Waals surface area contributed by atoms with Crippen molar-refractivity contribution in [1.29, 1.82) is 0 Å². The van der Waals surface area contributed by atoms with E-state index in [4.69, 9.17) is 14.0 Å². The molecule has 0 aromatic carbocycles. The third-order valence-electron chi connectivity index (χ3n) is 4.91. The van der Waals surface area contributed by atoms with Crippen LogP contribution in [0.2, 0.25) is 0 Å². The number of methoxy groups -OCH3 is 1. The molecule has 0 aliphatic heterocycles. The lowest BCUT2D eigenvalue weighted by molar-refractivity contribution is -0.122. The number of nitrogens with one attached hydrogen (secondary N) is 1. The number of hydrogen-bond donors (Lipinski definition) is 1. The Balaban J connectivity index is 1.40. The van der Waals surface area contributed by atoms with Crippen LogP contribution in [0.15, 0.2) is 16.9 Å². The number of carbonyl (C=O) groups is 1. The average Bonchev–Trinajstić information content (AvgIpc) is 2.99. The van der Waals surface area contributed by atoms with Gasteiger partial charge in [-0.3, -0.25) is 9.78 Å². The van der Waals surface area contributed by atoms with Crippen molar-refractivity contribution in [2.45, 2.75) is 64.5 Å². The van der Waals surface area contributed by atoms with Crippen LogP contribution in [-0.2, 0) is 11.2 Å². The first-order valence-electron chi connectivity index (χ1n) is 9.29. The maximum absolute atomic E-state index is 12.2. The van der Waals surface area contributed by atoms with Crippen LogP contribution in [0.5, 0.6) is 11.8 Å². The zero-order chi connectivity index (χ0) is 19.2. The van der Waals surface area contributed by atoms with E-state index in [9.17, 15) is 4.79 Å². The maximum Gasteiger partial charge on any atom is 0.235 e. The van der Waals surface area contributed by atoms with E-state index < -0.39 is 0 Å². The molecule has 0 unspecified atom stereocenters. The second-order valence-corrected chi connectivity index (χ2v) is 6.86. The third kappa shape index (κ3) is 5.18. The summed E-state index contributed by atoms with van der Waals surface area (Å²) in [4.78, 5) is 20.5. The van der Waals surface area contributed by atoms with Gasteiger partial charge in [0.1, 0.15) is 11.9 Å². The number of amides is 1. The summed E-state index contributed by atoms with van der Waals surface area (Å²) in [5.74, 6) is 1.77. The highest BCUT2D eigenvalue weighted by molar-refractivity contribution is 5.76. The molecule has 1 aliphatic carbocycles. The molecule has 0 radical (unpaired) electrons. The minimum atomic E-state index is 0.0676. The number of carbonyl (C=O) groups excluding carboxylic acids is 1. The minimum absolute atomic E-state index is 0.0676. The molecule has 3 rings (SSSR count). The summed E-state index contributed by atoms with van der Waals surface area (Å²) in [7, 11) is 1.55. The molecule has 1 aliphatic rings. The molecule has 1 saturated carbocycles. The molecule has 2 aromatic rings. The van der Waals surface area contributed by atoms with Crippen molar-refractivity contribution in [3.63, 3.8) is 0 Å². The van der Waals surface area contributed by atoms with E-state index in [2.05, 4.69) is 20.4 Å². The van der Waals surface area contributed by atoms with Crippen LogP contribution >= 0.6 is 0 Å². The Labute approximate surface area is 158 Å². The number of ether oxygens (including phenoxy) is 2. The Morgan fingerprint density at radius 1 is 1.22 bits per heavy atom. The van der Waals surface area contributed by atoms with Crippen LogP contribution in [0.25, 0.3) is 0 Å². The predicted octanol–water partition coefficient (Wildman–Crippen LogP) is 2.53. The van der Waals surface area contributed by atoms with Crippen LogP contribution in [-0.4, -0.2) is 40.3 Å². The Bertz CT molecular complexity index is 749. The summed E-state index contributed by atoms with van der Waals surface area (Å²) >= 11 is 0. The largest absolute Gasteiger partial charge is 0.480 e. The fourth-order valence-corrected chi connectivity index (χ4v) is 3.38. The van der Waals surface area contributed by atoms with Gasteiger partial charge in [-0.2, -0.15) is 4.98 Å². The van der Waals surface area contributed by atoms with Crippen LogP contribution < -0.4 is 14.8 Å². The van der Waals surface area contributed by atoms with Crippen LogP contribution in [0.1, 0.15) is 49.1 Å². The molecule has 0 saturated heterocycles. The van der Waals surface area contributed by atoms with Crippen molar-refractivity contribution < 1.29 is 18.8 Å². The van der Waals surface area contributed by atoms with Crippen molar-refractivity contribution >= 4 is 5.91 Å². The first-order chi connectivity index (χ1) is 13.0. The van der Waals surface area contributed by atoms with E-state index in [1.54, 1.807) is 19.5 Å².